The first kappa shape index (κ1) is 35.0. The van der Waals surface area contributed by atoms with Gasteiger partial charge in [-0.05, 0) is 73.1 Å². The summed E-state index contributed by atoms with van der Waals surface area (Å²) in [6.45, 7) is 28.1. The van der Waals surface area contributed by atoms with Gasteiger partial charge >= 0.3 is 0 Å². The quantitative estimate of drug-likeness (QED) is 0.316. The van der Waals surface area contributed by atoms with Crippen molar-refractivity contribution in [2.75, 3.05) is 13.2 Å². The average molecular weight is 618 g/mol. The third-order valence-electron chi connectivity index (χ3n) is 9.60. The van der Waals surface area contributed by atoms with E-state index in [2.05, 4.69) is 91.9 Å². The molecule has 8 heteroatoms. The van der Waals surface area contributed by atoms with Crippen molar-refractivity contribution in [3.8, 4) is 6.07 Å². The van der Waals surface area contributed by atoms with Gasteiger partial charge in [0.05, 0.1) is 36.2 Å². The zero-order valence-electron chi connectivity index (χ0n) is 30.0. The fraction of sp³-hybridized carbons (Fsp3) is 0.703. The smallest absolute Gasteiger partial charge is 0.225 e. The number of nitriles is 1. The third-order valence-corrected chi connectivity index (χ3v) is 9.60. The Bertz CT molecular complexity index is 1470. The minimum Gasteiger partial charge on any atom is -0.375 e. The van der Waals surface area contributed by atoms with Crippen LogP contribution < -0.4 is 5.32 Å². The average Bonchev–Trinajstić information content (AvgIpc) is 3.51. The number of aliphatic imine (C=N–C) groups is 3. The van der Waals surface area contributed by atoms with E-state index in [1.165, 1.54) is 0 Å². The van der Waals surface area contributed by atoms with E-state index in [4.69, 9.17) is 24.5 Å². The first-order chi connectivity index (χ1) is 20.4. The Labute approximate surface area is 271 Å². The van der Waals surface area contributed by atoms with Crippen LogP contribution in [0, 0.1) is 33.0 Å². The Hall–Kier alpha value is -2.89. The number of ether oxygens (including phenoxy) is 2. The highest BCUT2D eigenvalue weighted by molar-refractivity contribution is 6.06. The minimum atomic E-state index is -0.758. The SMILES string of the molecule is CC(C)(C)OCC1(C)C/C(=C\C2=NC(C)(C#N)C(C)(C)C2)N=C1/C=C1N=C(/C=C2/NC(=O)CC2(C)COC(C)(C)C)CC/1(C)C. The monoisotopic (exact) mass is 617 g/mol. The van der Waals surface area contributed by atoms with Crippen molar-refractivity contribution in [1.29, 1.82) is 5.26 Å². The van der Waals surface area contributed by atoms with Crippen LogP contribution in [0.2, 0.25) is 0 Å². The topological polar surface area (TPSA) is 108 Å². The Morgan fingerprint density at radius 3 is 1.96 bits per heavy atom. The van der Waals surface area contributed by atoms with Crippen molar-refractivity contribution in [3.05, 3.63) is 35.3 Å². The van der Waals surface area contributed by atoms with Crippen LogP contribution >= 0.6 is 0 Å². The number of hydrogen-bond donors (Lipinski definition) is 1. The second-order valence-corrected chi connectivity index (χ2v) is 17.6. The van der Waals surface area contributed by atoms with Gasteiger partial charge in [0, 0.05) is 69.4 Å². The van der Waals surface area contributed by atoms with Crippen molar-refractivity contribution >= 4 is 23.0 Å². The van der Waals surface area contributed by atoms with Gasteiger partial charge in [-0.1, -0.05) is 41.5 Å². The maximum absolute atomic E-state index is 12.5. The molecule has 45 heavy (non-hydrogen) atoms. The Morgan fingerprint density at radius 2 is 1.40 bits per heavy atom. The number of nitrogens with zero attached hydrogens (tertiary/aromatic N) is 4. The second-order valence-electron chi connectivity index (χ2n) is 17.6. The molecular weight excluding hydrogens is 562 g/mol. The zero-order valence-corrected chi connectivity index (χ0v) is 30.0. The second kappa shape index (κ2) is 11.4. The van der Waals surface area contributed by atoms with Gasteiger partial charge in [-0.15, -0.1) is 0 Å². The molecule has 1 amide bonds. The van der Waals surface area contributed by atoms with Gasteiger partial charge in [0.15, 0.2) is 0 Å². The molecule has 246 valence electrons. The number of allylic oxidation sites excluding steroid dienone is 5. The number of carbonyl (C=O) groups is 1. The molecule has 1 N–H and O–H groups in total. The molecule has 3 atom stereocenters. The van der Waals surface area contributed by atoms with Gasteiger partial charge in [-0.2, -0.15) is 5.26 Å². The van der Waals surface area contributed by atoms with Crippen molar-refractivity contribution in [2.45, 2.75) is 132 Å². The predicted molar refractivity (Wildman–Crippen MR) is 182 cm³/mol. The number of carbonyl (C=O) groups excluding carboxylic acids is 1. The molecular formula is C37H55N5O3. The molecule has 0 radical (unpaired) electrons. The molecule has 0 aromatic rings. The van der Waals surface area contributed by atoms with Gasteiger partial charge in [-0.25, -0.2) is 0 Å². The van der Waals surface area contributed by atoms with E-state index in [-0.39, 0.29) is 33.4 Å². The highest BCUT2D eigenvalue weighted by Crippen LogP contribution is 2.46. The summed E-state index contributed by atoms with van der Waals surface area (Å²) in [7, 11) is 0. The molecule has 4 aliphatic rings. The van der Waals surface area contributed by atoms with E-state index < -0.39 is 11.0 Å². The van der Waals surface area contributed by atoms with Crippen molar-refractivity contribution in [3.63, 3.8) is 0 Å². The summed E-state index contributed by atoms with van der Waals surface area (Å²) in [5.41, 5.74) is 2.98. The molecule has 0 aromatic carbocycles. The molecule has 0 spiro atoms. The van der Waals surface area contributed by atoms with Gasteiger partial charge in [0.2, 0.25) is 5.91 Å². The van der Waals surface area contributed by atoms with Crippen molar-refractivity contribution < 1.29 is 14.3 Å². The number of amides is 1. The first-order valence-corrected chi connectivity index (χ1v) is 16.3. The highest BCUT2D eigenvalue weighted by atomic mass is 16.5. The van der Waals surface area contributed by atoms with Gasteiger partial charge < -0.3 is 14.8 Å². The van der Waals surface area contributed by atoms with Crippen LogP contribution in [0.4, 0.5) is 0 Å². The van der Waals surface area contributed by atoms with Gasteiger partial charge in [0.25, 0.3) is 0 Å². The third kappa shape index (κ3) is 7.74. The fourth-order valence-electron chi connectivity index (χ4n) is 6.17. The van der Waals surface area contributed by atoms with E-state index in [9.17, 15) is 10.1 Å². The molecule has 8 nitrogen and oxygen atoms in total. The molecule has 4 rings (SSSR count). The number of hydrogen-bond acceptors (Lipinski definition) is 7. The lowest BCUT2D eigenvalue weighted by atomic mass is 9.74. The normalized spacial score (nSPS) is 33.9. The van der Waals surface area contributed by atoms with Crippen LogP contribution in [0.15, 0.2) is 50.3 Å². The van der Waals surface area contributed by atoms with Gasteiger partial charge in [-0.3, -0.25) is 19.8 Å². The standard InChI is InChI=1S/C37H55N5O3/c1-31(2,3)44-22-35(11)19-24(14-26-18-34(9,10)37(13,21-38)42-26)40-29(35)16-27-33(7,8)17-25(39-27)15-28-36(12,20-30(43)41-28)23-45-32(4,5)6/h14-16H,17-20,22-23H2,1-13H3,(H,41,43)/b24-14+,27-16+,28-15+. The summed E-state index contributed by atoms with van der Waals surface area (Å²) in [4.78, 5) is 27.6. The lowest BCUT2D eigenvalue weighted by Crippen LogP contribution is -2.34. The number of nitrogens with one attached hydrogen (secondary N) is 1. The van der Waals surface area contributed by atoms with Crippen LogP contribution in [0.3, 0.4) is 0 Å². The highest BCUT2D eigenvalue weighted by Gasteiger charge is 2.47. The van der Waals surface area contributed by atoms with Crippen LogP contribution in [0.1, 0.15) is 116 Å². The zero-order chi connectivity index (χ0) is 33.9. The van der Waals surface area contributed by atoms with E-state index in [1.54, 1.807) is 0 Å². The molecule has 3 unspecified atom stereocenters. The molecule has 0 aliphatic carbocycles. The lowest BCUT2D eigenvalue weighted by molar-refractivity contribution is -0.120. The van der Waals surface area contributed by atoms with Crippen molar-refractivity contribution in [1.82, 2.24) is 5.32 Å². The van der Waals surface area contributed by atoms with E-state index >= 15 is 0 Å². The Kier molecular flexibility index (Phi) is 8.87. The summed E-state index contributed by atoms with van der Waals surface area (Å²) in [6.07, 6.45) is 8.86. The molecule has 1 fully saturated rings. The predicted octanol–water partition coefficient (Wildman–Crippen LogP) is 7.67. The van der Waals surface area contributed by atoms with Crippen molar-refractivity contribution in [2.24, 2.45) is 36.6 Å². The molecule has 4 aliphatic heterocycles. The molecule has 4 heterocycles. The summed E-state index contributed by atoms with van der Waals surface area (Å²) < 4.78 is 12.5. The van der Waals surface area contributed by atoms with Crippen LogP contribution in [0.25, 0.3) is 0 Å². The summed E-state index contributed by atoms with van der Waals surface area (Å²) in [5, 5.41) is 12.9. The van der Waals surface area contributed by atoms with E-state index in [0.29, 0.717) is 26.1 Å². The van der Waals surface area contributed by atoms with Gasteiger partial charge in [0.1, 0.15) is 5.54 Å². The molecule has 0 aromatic heterocycles. The first-order valence-electron chi connectivity index (χ1n) is 16.3. The lowest BCUT2D eigenvalue weighted by Gasteiger charge is -2.30. The van der Waals surface area contributed by atoms with Crippen LogP contribution in [-0.2, 0) is 14.3 Å². The largest absolute Gasteiger partial charge is 0.375 e. The Morgan fingerprint density at radius 1 is 0.800 bits per heavy atom. The number of rotatable bonds is 7. The van der Waals surface area contributed by atoms with Crippen LogP contribution in [-0.4, -0.2) is 53.0 Å². The van der Waals surface area contributed by atoms with E-state index in [0.717, 1.165) is 47.1 Å². The maximum atomic E-state index is 12.5. The van der Waals surface area contributed by atoms with E-state index in [1.807, 2.05) is 27.7 Å². The maximum Gasteiger partial charge on any atom is 0.225 e. The van der Waals surface area contributed by atoms with Crippen LogP contribution in [0.5, 0.6) is 0 Å². The molecule has 0 bridgehead atoms. The molecule has 0 saturated carbocycles. The summed E-state index contributed by atoms with van der Waals surface area (Å²) in [5.74, 6) is 0.00876. The molecule has 1 saturated heterocycles. The minimum absolute atomic E-state index is 0.00876. The Balaban J connectivity index is 1.70. The summed E-state index contributed by atoms with van der Waals surface area (Å²) in [6, 6.07) is 2.42. The summed E-state index contributed by atoms with van der Waals surface area (Å²) >= 11 is 0. The fourth-order valence-corrected chi connectivity index (χ4v) is 6.17.